The first-order chi connectivity index (χ1) is 8.58. The Kier molecular flexibility index (Phi) is 3.67. The Labute approximate surface area is 111 Å². The maximum Gasteiger partial charge on any atom is 0.256 e. The van der Waals surface area contributed by atoms with Crippen LogP contribution in [0.25, 0.3) is 0 Å². The van der Waals surface area contributed by atoms with Crippen LogP contribution in [0.1, 0.15) is 20.8 Å². The summed E-state index contributed by atoms with van der Waals surface area (Å²) in [4.78, 5) is 15.1. The van der Waals surface area contributed by atoms with Crippen LogP contribution in [0.5, 0.6) is 0 Å². The van der Waals surface area contributed by atoms with Crippen molar-refractivity contribution in [2.24, 2.45) is 0 Å². The van der Waals surface area contributed by atoms with Gasteiger partial charge in [0, 0.05) is 17.6 Å². The number of benzene rings is 1. The van der Waals surface area contributed by atoms with Crippen LogP contribution in [0.4, 0.5) is 5.69 Å². The molecular formula is C14H16N2OS. The SMILES string of the molecule is Cc1ccc(N)c(C(=O)N(C)Cc2cccs2)c1. The summed E-state index contributed by atoms with van der Waals surface area (Å²) in [6.45, 7) is 2.57. The van der Waals surface area contributed by atoms with Crippen LogP contribution in [-0.4, -0.2) is 17.9 Å². The zero-order chi connectivity index (χ0) is 13.1. The van der Waals surface area contributed by atoms with Gasteiger partial charge in [-0.25, -0.2) is 0 Å². The topological polar surface area (TPSA) is 46.3 Å². The molecule has 2 N–H and O–H groups in total. The highest BCUT2D eigenvalue weighted by Gasteiger charge is 2.15. The van der Waals surface area contributed by atoms with E-state index in [0.717, 1.165) is 10.4 Å². The van der Waals surface area contributed by atoms with Crippen LogP contribution >= 0.6 is 11.3 Å². The number of aryl methyl sites for hydroxylation is 1. The summed E-state index contributed by atoms with van der Waals surface area (Å²) in [5.74, 6) is -0.0374. The lowest BCUT2D eigenvalue weighted by atomic mass is 10.1. The van der Waals surface area contributed by atoms with Crippen molar-refractivity contribution in [3.8, 4) is 0 Å². The number of carbonyl (C=O) groups is 1. The van der Waals surface area contributed by atoms with Crippen molar-refractivity contribution in [1.82, 2.24) is 4.90 Å². The van der Waals surface area contributed by atoms with Gasteiger partial charge >= 0.3 is 0 Å². The predicted octanol–water partition coefficient (Wildman–Crippen LogP) is 2.91. The maximum atomic E-state index is 12.3. The molecule has 3 nitrogen and oxygen atoms in total. The van der Waals surface area contributed by atoms with Crippen LogP contribution in [-0.2, 0) is 6.54 Å². The van der Waals surface area contributed by atoms with Crippen LogP contribution in [0.2, 0.25) is 0 Å². The van der Waals surface area contributed by atoms with Gasteiger partial charge in [-0.05, 0) is 30.5 Å². The van der Waals surface area contributed by atoms with Crippen molar-refractivity contribution in [1.29, 1.82) is 0 Å². The van der Waals surface area contributed by atoms with Gasteiger partial charge in [-0.2, -0.15) is 0 Å². The largest absolute Gasteiger partial charge is 0.398 e. The lowest BCUT2D eigenvalue weighted by Gasteiger charge is -2.17. The average Bonchev–Trinajstić information content (AvgIpc) is 2.84. The van der Waals surface area contributed by atoms with E-state index in [2.05, 4.69) is 0 Å². The van der Waals surface area contributed by atoms with Gasteiger partial charge in [-0.15, -0.1) is 11.3 Å². The molecule has 2 rings (SSSR count). The smallest absolute Gasteiger partial charge is 0.256 e. The molecule has 0 aliphatic heterocycles. The number of rotatable bonds is 3. The van der Waals surface area contributed by atoms with Crippen LogP contribution < -0.4 is 5.73 Å². The summed E-state index contributed by atoms with van der Waals surface area (Å²) >= 11 is 1.65. The molecule has 1 amide bonds. The highest BCUT2D eigenvalue weighted by molar-refractivity contribution is 7.09. The van der Waals surface area contributed by atoms with Gasteiger partial charge in [0.05, 0.1) is 12.1 Å². The monoisotopic (exact) mass is 260 g/mol. The Bertz CT molecular complexity index is 549. The summed E-state index contributed by atoms with van der Waals surface area (Å²) in [5.41, 5.74) is 8.00. The Balaban J connectivity index is 2.17. The molecule has 0 saturated heterocycles. The first kappa shape index (κ1) is 12.6. The molecule has 1 heterocycles. The third-order valence-electron chi connectivity index (χ3n) is 2.76. The van der Waals surface area contributed by atoms with Gasteiger partial charge in [-0.1, -0.05) is 17.7 Å². The second kappa shape index (κ2) is 5.23. The minimum absolute atomic E-state index is 0.0374. The minimum atomic E-state index is -0.0374. The van der Waals surface area contributed by atoms with Crippen molar-refractivity contribution < 1.29 is 4.79 Å². The molecule has 0 fully saturated rings. The third-order valence-corrected chi connectivity index (χ3v) is 3.62. The van der Waals surface area contributed by atoms with E-state index < -0.39 is 0 Å². The second-order valence-electron chi connectivity index (χ2n) is 4.33. The van der Waals surface area contributed by atoms with Gasteiger partial charge in [0.2, 0.25) is 0 Å². The number of amides is 1. The summed E-state index contributed by atoms with van der Waals surface area (Å²) in [6.07, 6.45) is 0. The Morgan fingerprint density at radius 3 is 2.83 bits per heavy atom. The number of hydrogen-bond donors (Lipinski definition) is 1. The highest BCUT2D eigenvalue weighted by atomic mass is 32.1. The fourth-order valence-corrected chi connectivity index (χ4v) is 2.53. The highest BCUT2D eigenvalue weighted by Crippen LogP contribution is 2.18. The van der Waals surface area contributed by atoms with Crippen molar-refractivity contribution in [2.75, 3.05) is 12.8 Å². The lowest BCUT2D eigenvalue weighted by molar-refractivity contribution is 0.0787. The minimum Gasteiger partial charge on any atom is -0.398 e. The van der Waals surface area contributed by atoms with Gasteiger partial charge in [0.25, 0.3) is 5.91 Å². The molecule has 94 valence electrons. The van der Waals surface area contributed by atoms with E-state index in [1.54, 1.807) is 29.4 Å². The van der Waals surface area contributed by atoms with Crippen molar-refractivity contribution in [3.63, 3.8) is 0 Å². The summed E-state index contributed by atoms with van der Waals surface area (Å²) < 4.78 is 0. The van der Waals surface area contributed by atoms with E-state index in [1.807, 2.05) is 36.6 Å². The molecule has 0 atom stereocenters. The Hall–Kier alpha value is -1.81. The van der Waals surface area contributed by atoms with Crippen LogP contribution in [0, 0.1) is 6.92 Å². The number of nitrogens with zero attached hydrogens (tertiary/aromatic N) is 1. The summed E-state index contributed by atoms with van der Waals surface area (Å²) in [6, 6.07) is 9.53. The Morgan fingerprint density at radius 2 is 2.17 bits per heavy atom. The van der Waals surface area contributed by atoms with Gasteiger partial charge in [0.1, 0.15) is 0 Å². The lowest BCUT2D eigenvalue weighted by Crippen LogP contribution is -2.26. The molecule has 1 aromatic carbocycles. The Morgan fingerprint density at radius 1 is 1.39 bits per heavy atom. The third kappa shape index (κ3) is 2.71. The van der Waals surface area contributed by atoms with Gasteiger partial charge in [-0.3, -0.25) is 4.79 Å². The molecule has 0 radical (unpaired) electrons. The molecule has 0 unspecified atom stereocenters. The molecular weight excluding hydrogens is 244 g/mol. The molecule has 4 heteroatoms. The van der Waals surface area contributed by atoms with E-state index in [-0.39, 0.29) is 5.91 Å². The predicted molar refractivity (Wildman–Crippen MR) is 75.7 cm³/mol. The normalized spacial score (nSPS) is 10.3. The number of anilines is 1. The molecule has 0 spiro atoms. The van der Waals surface area contributed by atoms with Crippen molar-refractivity contribution in [3.05, 3.63) is 51.7 Å². The molecule has 0 saturated carbocycles. The van der Waals surface area contributed by atoms with Gasteiger partial charge in [0.15, 0.2) is 0 Å². The van der Waals surface area contributed by atoms with E-state index in [1.165, 1.54) is 0 Å². The summed E-state index contributed by atoms with van der Waals surface area (Å²) in [7, 11) is 1.80. The molecule has 0 aliphatic rings. The molecule has 0 bridgehead atoms. The quantitative estimate of drug-likeness (QED) is 0.862. The van der Waals surface area contributed by atoms with Crippen LogP contribution in [0.3, 0.4) is 0 Å². The summed E-state index contributed by atoms with van der Waals surface area (Å²) in [5, 5.41) is 2.01. The molecule has 0 aliphatic carbocycles. The first-order valence-corrected chi connectivity index (χ1v) is 6.60. The number of hydrogen-bond acceptors (Lipinski definition) is 3. The first-order valence-electron chi connectivity index (χ1n) is 5.72. The maximum absolute atomic E-state index is 12.3. The van der Waals surface area contributed by atoms with E-state index in [0.29, 0.717) is 17.8 Å². The number of nitrogen functional groups attached to an aromatic ring is 1. The van der Waals surface area contributed by atoms with E-state index in [9.17, 15) is 4.79 Å². The van der Waals surface area contributed by atoms with Gasteiger partial charge < -0.3 is 10.6 Å². The zero-order valence-corrected chi connectivity index (χ0v) is 11.3. The zero-order valence-electron chi connectivity index (χ0n) is 10.5. The number of thiophene rings is 1. The second-order valence-corrected chi connectivity index (χ2v) is 5.36. The fourth-order valence-electron chi connectivity index (χ4n) is 1.77. The molecule has 1 aromatic heterocycles. The number of carbonyl (C=O) groups excluding carboxylic acids is 1. The van der Waals surface area contributed by atoms with Crippen molar-refractivity contribution in [2.45, 2.75) is 13.5 Å². The molecule has 18 heavy (non-hydrogen) atoms. The van der Waals surface area contributed by atoms with Crippen LogP contribution in [0.15, 0.2) is 35.7 Å². The van der Waals surface area contributed by atoms with Crippen molar-refractivity contribution >= 4 is 22.9 Å². The average molecular weight is 260 g/mol. The number of nitrogens with two attached hydrogens (primary N) is 1. The molecule has 2 aromatic rings. The fraction of sp³-hybridized carbons (Fsp3) is 0.214. The van der Waals surface area contributed by atoms with E-state index >= 15 is 0 Å². The van der Waals surface area contributed by atoms with E-state index in [4.69, 9.17) is 5.73 Å². The standard InChI is InChI=1S/C14H16N2OS/c1-10-5-6-13(15)12(8-10)14(17)16(2)9-11-4-3-7-18-11/h3-8H,9,15H2,1-2H3.